The highest BCUT2D eigenvalue weighted by atomic mass is 32.2. The lowest BCUT2D eigenvalue weighted by molar-refractivity contribution is 0.587. The third kappa shape index (κ3) is 3.89. The number of anilines is 2. The van der Waals surface area contributed by atoms with Crippen molar-refractivity contribution < 1.29 is 16.8 Å². The van der Waals surface area contributed by atoms with Crippen molar-refractivity contribution in [2.45, 2.75) is 45.4 Å². The van der Waals surface area contributed by atoms with Crippen LogP contribution in [0.5, 0.6) is 0 Å². The molecule has 0 saturated carbocycles. The van der Waals surface area contributed by atoms with Gasteiger partial charge in [0.25, 0.3) is 10.0 Å². The highest BCUT2D eigenvalue weighted by molar-refractivity contribution is 7.93. The molecular formula is C20H26N2O4S2. The minimum absolute atomic E-state index is 0.0346. The van der Waals surface area contributed by atoms with E-state index in [9.17, 15) is 16.8 Å². The molecule has 0 radical (unpaired) electrons. The fourth-order valence-corrected chi connectivity index (χ4v) is 6.06. The van der Waals surface area contributed by atoms with Crippen LogP contribution < -0.4 is 9.03 Å². The van der Waals surface area contributed by atoms with E-state index in [1.54, 1.807) is 38.1 Å². The van der Waals surface area contributed by atoms with Crippen molar-refractivity contribution in [3.63, 3.8) is 0 Å². The predicted octanol–water partition coefficient (Wildman–Crippen LogP) is 3.51. The SMILES string of the molecule is CCS(=O)(=O)N1CCCc2cc(NS(=O)(=O)c3cc(C)c(C)cc3C)ccc21. The molecule has 2 aromatic rings. The average molecular weight is 423 g/mol. The lowest BCUT2D eigenvalue weighted by atomic mass is 10.0. The van der Waals surface area contributed by atoms with Gasteiger partial charge < -0.3 is 0 Å². The zero-order valence-electron chi connectivity index (χ0n) is 16.6. The molecule has 0 unspecified atom stereocenters. The highest BCUT2D eigenvalue weighted by Gasteiger charge is 2.27. The van der Waals surface area contributed by atoms with Crippen LogP contribution in [0.2, 0.25) is 0 Å². The minimum Gasteiger partial charge on any atom is -0.280 e. The van der Waals surface area contributed by atoms with Crippen molar-refractivity contribution in [2.24, 2.45) is 0 Å². The third-order valence-electron chi connectivity index (χ3n) is 5.19. The van der Waals surface area contributed by atoms with Gasteiger partial charge in [0.15, 0.2) is 0 Å². The quantitative estimate of drug-likeness (QED) is 0.799. The van der Waals surface area contributed by atoms with E-state index in [1.165, 1.54) is 4.31 Å². The van der Waals surface area contributed by atoms with Crippen LogP contribution in [0.25, 0.3) is 0 Å². The Bertz CT molecular complexity index is 1120. The number of hydrogen-bond acceptors (Lipinski definition) is 4. The van der Waals surface area contributed by atoms with Gasteiger partial charge in [-0.3, -0.25) is 9.03 Å². The van der Waals surface area contributed by atoms with Gasteiger partial charge in [-0.05, 0) is 87.1 Å². The molecule has 0 atom stereocenters. The Morgan fingerprint density at radius 2 is 1.64 bits per heavy atom. The smallest absolute Gasteiger partial charge is 0.262 e. The van der Waals surface area contributed by atoms with E-state index in [4.69, 9.17) is 0 Å². The monoisotopic (exact) mass is 422 g/mol. The second-order valence-electron chi connectivity index (χ2n) is 7.23. The van der Waals surface area contributed by atoms with Crippen LogP contribution in [0.1, 0.15) is 35.6 Å². The number of hydrogen-bond donors (Lipinski definition) is 1. The summed E-state index contributed by atoms with van der Waals surface area (Å²) in [5, 5.41) is 0. The Hall–Kier alpha value is -2.06. The summed E-state index contributed by atoms with van der Waals surface area (Å²) >= 11 is 0. The summed E-state index contributed by atoms with van der Waals surface area (Å²) in [5.41, 5.74) is 4.55. The van der Waals surface area contributed by atoms with Crippen LogP contribution in [0, 0.1) is 20.8 Å². The van der Waals surface area contributed by atoms with E-state index in [0.29, 0.717) is 36.3 Å². The fraction of sp³-hybridized carbons (Fsp3) is 0.400. The lowest BCUT2D eigenvalue weighted by Crippen LogP contribution is -2.36. The molecule has 0 saturated heterocycles. The Morgan fingerprint density at radius 3 is 2.32 bits per heavy atom. The zero-order chi connectivity index (χ0) is 20.7. The molecule has 0 bridgehead atoms. The van der Waals surface area contributed by atoms with Crippen molar-refractivity contribution in [3.05, 3.63) is 52.6 Å². The first-order chi connectivity index (χ1) is 13.0. The average Bonchev–Trinajstić information content (AvgIpc) is 2.63. The molecular weight excluding hydrogens is 396 g/mol. The first-order valence-corrected chi connectivity index (χ1v) is 12.4. The maximum atomic E-state index is 12.9. The first-order valence-electron chi connectivity index (χ1n) is 9.29. The van der Waals surface area contributed by atoms with Gasteiger partial charge in [0, 0.05) is 12.2 Å². The van der Waals surface area contributed by atoms with E-state index >= 15 is 0 Å². The van der Waals surface area contributed by atoms with E-state index < -0.39 is 20.0 Å². The van der Waals surface area contributed by atoms with Crippen LogP contribution in [0.15, 0.2) is 35.2 Å². The highest BCUT2D eigenvalue weighted by Crippen LogP contribution is 2.32. The second kappa shape index (κ2) is 7.40. The van der Waals surface area contributed by atoms with Gasteiger partial charge in [-0.1, -0.05) is 6.07 Å². The second-order valence-corrected chi connectivity index (χ2v) is 11.1. The minimum atomic E-state index is -3.74. The number of nitrogens with one attached hydrogen (secondary N) is 1. The zero-order valence-corrected chi connectivity index (χ0v) is 18.2. The van der Waals surface area contributed by atoms with E-state index in [1.807, 2.05) is 19.9 Å². The van der Waals surface area contributed by atoms with Crippen LogP contribution in [0.3, 0.4) is 0 Å². The van der Waals surface area contributed by atoms with Crippen LogP contribution >= 0.6 is 0 Å². The van der Waals surface area contributed by atoms with Gasteiger partial charge in [0.1, 0.15) is 0 Å². The summed E-state index contributed by atoms with van der Waals surface area (Å²) in [6, 6.07) is 8.59. The topological polar surface area (TPSA) is 83.6 Å². The summed E-state index contributed by atoms with van der Waals surface area (Å²) in [6.45, 7) is 7.69. The molecule has 1 aliphatic rings. The molecule has 6 nitrogen and oxygen atoms in total. The summed E-state index contributed by atoms with van der Waals surface area (Å²) in [5.74, 6) is 0.0346. The van der Waals surface area contributed by atoms with E-state index in [-0.39, 0.29) is 10.6 Å². The number of fused-ring (bicyclic) bond motifs is 1. The van der Waals surface area contributed by atoms with Crippen molar-refractivity contribution in [1.29, 1.82) is 0 Å². The molecule has 1 aliphatic heterocycles. The number of aryl methyl sites for hydroxylation is 4. The Morgan fingerprint density at radius 1 is 0.964 bits per heavy atom. The number of sulfonamides is 2. The largest absolute Gasteiger partial charge is 0.280 e. The predicted molar refractivity (Wildman–Crippen MR) is 113 cm³/mol. The van der Waals surface area contributed by atoms with Crippen molar-refractivity contribution in [1.82, 2.24) is 0 Å². The van der Waals surface area contributed by atoms with Gasteiger partial charge in [-0.2, -0.15) is 0 Å². The molecule has 0 aromatic heterocycles. The Labute approximate surface area is 167 Å². The van der Waals surface area contributed by atoms with Crippen LogP contribution in [-0.4, -0.2) is 29.1 Å². The van der Waals surface area contributed by atoms with Crippen molar-refractivity contribution >= 4 is 31.4 Å². The molecule has 3 rings (SSSR count). The van der Waals surface area contributed by atoms with Crippen molar-refractivity contribution in [3.8, 4) is 0 Å². The molecule has 0 aliphatic carbocycles. The molecule has 1 heterocycles. The standard InChI is InChI=1S/C20H26N2O4S2/c1-5-27(23,24)22-10-6-7-17-13-18(8-9-19(17)22)21-28(25,26)20-12-15(3)14(2)11-16(20)4/h8-9,11-13,21H,5-7,10H2,1-4H3. The number of nitrogens with zero attached hydrogens (tertiary/aromatic N) is 1. The van der Waals surface area contributed by atoms with E-state index in [0.717, 1.165) is 16.7 Å². The fourth-order valence-electron chi connectivity index (χ4n) is 3.50. The van der Waals surface area contributed by atoms with Crippen LogP contribution in [-0.2, 0) is 26.5 Å². The van der Waals surface area contributed by atoms with Crippen molar-refractivity contribution in [2.75, 3.05) is 21.3 Å². The Kier molecular flexibility index (Phi) is 5.46. The van der Waals surface area contributed by atoms with E-state index in [2.05, 4.69) is 4.72 Å². The molecule has 0 fully saturated rings. The van der Waals surface area contributed by atoms with Gasteiger partial charge in [-0.15, -0.1) is 0 Å². The molecule has 152 valence electrons. The summed E-state index contributed by atoms with van der Waals surface area (Å²) < 4.78 is 54.5. The maximum absolute atomic E-state index is 12.9. The normalized spacial score (nSPS) is 14.6. The number of benzene rings is 2. The molecule has 0 amide bonds. The molecule has 1 N–H and O–H groups in total. The van der Waals surface area contributed by atoms with Gasteiger partial charge in [-0.25, -0.2) is 16.8 Å². The number of rotatable bonds is 5. The molecule has 8 heteroatoms. The summed E-state index contributed by atoms with van der Waals surface area (Å²) in [4.78, 5) is 0.253. The van der Waals surface area contributed by atoms with Gasteiger partial charge in [0.2, 0.25) is 10.0 Å². The Balaban J connectivity index is 1.95. The van der Waals surface area contributed by atoms with Gasteiger partial charge in [0.05, 0.1) is 16.3 Å². The third-order valence-corrected chi connectivity index (χ3v) is 8.49. The van der Waals surface area contributed by atoms with Gasteiger partial charge >= 0.3 is 0 Å². The van der Waals surface area contributed by atoms with Crippen LogP contribution in [0.4, 0.5) is 11.4 Å². The first kappa shape index (κ1) is 20.7. The summed E-state index contributed by atoms with van der Waals surface area (Å²) in [7, 11) is -7.08. The molecule has 0 spiro atoms. The molecule has 28 heavy (non-hydrogen) atoms. The molecule has 2 aromatic carbocycles. The summed E-state index contributed by atoms with van der Waals surface area (Å²) in [6.07, 6.45) is 1.42. The lowest BCUT2D eigenvalue weighted by Gasteiger charge is -2.30. The maximum Gasteiger partial charge on any atom is 0.262 e.